The molecule has 2 N–H and O–H groups in total. The number of H-pyrrole nitrogens is 1. The number of hydrogen-bond acceptors (Lipinski definition) is 6. The van der Waals surface area contributed by atoms with Gasteiger partial charge in [-0.15, -0.1) is 11.3 Å². The molecule has 0 saturated carbocycles. The van der Waals surface area contributed by atoms with Crippen LogP contribution in [-0.2, 0) is 9.53 Å². The molecule has 2 aromatic heterocycles. The zero-order chi connectivity index (χ0) is 21.4. The predicted octanol–water partition coefficient (Wildman–Crippen LogP) is 3.86. The Balaban J connectivity index is 1.84. The number of nitrogens with one attached hydrogen (secondary N) is 1. The number of ether oxygens (including phenoxy) is 1. The number of aliphatic hydroxyl groups is 1. The first-order valence-electron chi connectivity index (χ1n) is 9.71. The van der Waals surface area contributed by atoms with Crippen LogP contribution in [0.3, 0.4) is 0 Å². The van der Waals surface area contributed by atoms with Crippen molar-refractivity contribution in [2.24, 2.45) is 0 Å². The molecule has 1 unspecified atom stereocenters. The van der Waals surface area contributed by atoms with Crippen LogP contribution in [0.4, 0.5) is 0 Å². The van der Waals surface area contributed by atoms with E-state index in [1.54, 1.807) is 18.9 Å². The van der Waals surface area contributed by atoms with Gasteiger partial charge in [-0.25, -0.2) is 4.98 Å². The third-order valence-electron chi connectivity index (χ3n) is 5.32. The van der Waals surface area contributed by atoms with Crippen LogP contribution in [0.1, 0.15) is 38.4 Å². The Morgan fingerprint density at radius 1 is 1.33 bits per heavy atom. The minimum atomic E-state index is -0.681. The van der Waals surface area contributed by atoms with E-state index < -0.39 is 17.7 Å². The second kappa shape index (κ2) is 8.04. The molecule has 1 aliphatic heterocycles. The van der Waals surface area contributed by atoms with Crippen LogP contribution in [-0.4, -0.2) is 51.9 Å². The maximum atomic E-state index is 13.5. The number of nitrogens with zero attached hydrogens (tertiary/aromatic N) is 2. The van der Waals surface area contributed by atoms with Crippen LogP contribution in [0, 0.1) is 13.8 Å². The summed E-state index contributed by atoms with van der Waals surface area (Å²) in [5.74, 6) is -1.38. The summed E-state index contributed by atoms with van der Waals surface area (Å²) in [5, 5.41) is 12.4. The summed E-state index contributed by atoms with van der Waals surface area (Å²) in [6.07, 6.45) is 2.40. The van der Waals surface area contributed by atoms with Crippen LogP contribution < -0.4 is 0 Å². The molecule has 0 spiro atoms. The Morgan fingerprint density at radius 3 is 2.80 bits per heavy atom. The normalized spacial score (nSPS) is 16.8. The molecule has 4 rings (SSSR count). The van der Waals surface area contributed by atoms with Gasteiger partial charge >= 0.3 is 0 Å². The fraction of sp³-hybridized carbons (Fsp3) is 0.318. The van der Waals surface area contributed by atoms with Crippen molar-refractivity contribution >= 4 is 33.9 Å². The molecule has 7 nitrogen and oxygen atoms in total. The number of methoxy groups -OCH3 is 1. The molecule has 3 heterocycles. The number of aromatic nitrogens is 2. The molecule has 1 atom stereocenters. The number of rotatable bonds is 7. The number of fused-ring (bicyclic) bond motifs is 1. The summed E-state index contributed by atoms with van der Waals surface area (Å²) in [4.78, 5) is 36.0. The van der Waals surface area contributed by atoms with E-state index in [1.165, 1.54) is 11.3 Å². The first kappa shape index (κ1) is 20.3. The van der Waals surface area contributed by atoms with E-state index in [9.17, 15) is 14.7 Å². The molecule has 3 aromatic rings. The van der Waals surface area contributed by atoms with Gasteiger partial charge in [0.2, 0.25) is 5.78 Å². The number of aliphatic hydroxyl groups excluding tert-OH is 1. The number of hydrogen-bond donors (Lipinski definition) is 2. The third-order valence-corrected chi connectivity index (χ3v) is 6.39. The van der Waals surface area contributed by atoms with Gasteiger partial charge in [0.05, 0.1) is 27.2 Å². The summed E-state index contributed by atoms with van der Waals surface area (Å²) in [6.45, 7) is 4.43. The number of aromatic amines is 1. The molecule has 30 heavy (non-hydrogen) atoms. The zero-order valence-corrected chi connectivity index (χ0v) is 17.9. The highest BCUT2D eigenvalue weighted by Gasteiger charge is 2.45. The van der Waals surface area contributed by atoms with Crippen molar-refractivity contribution in [3.05, 3.63) is 62.9 Å². The molecule has 1 amide bonds. The van der Waals surface area contributed by atoms with Gasteiger partial charge in [0.1, 0.15) is 0 Å². The fourth-order valence-electron chi connectivity index (χ4n) is 4.00. The fourth-order valence-corrected chi connectivity index (χ4v) is 4.88. The SMILES string of the molecule is COCCCN1C(=O)C(O)=C(C(=O)c2sc(C)nc2C)C1c1c[nH]c2ccccc12. The molecule has 1 aliphatic rings. The minimum absolute atomic E-state index is 0.105. The monoisotopic (exact) mass is 425 g/mol. The quantitative estimate of drug-likeness (QED) is 0.443. The number of ketones is 1. The molecular weight excluding hydrogens is 402 g/mol. The first-order chi connectivity index (χ1) is 14.4. The third kappa shape index (κ3) is 3.32. The van der Waals surface area contributed by atoms with Gasteiger partial charge in [0.15, 0.2) is 5.76 Å². The number of benzene rings is 1. The molecule has 0 bridgehead atoms. The van der Waals surface area contributed by atoms with E-state index in [-0.39, 0.29) is 11.4 Å². The first-order valence-corrected chi connectivity index (χ1v) is 10.5. The largest absolute Gasteiger partial charge is 0.503 e. The van der Waals surface area contributed by atoms with Crippen molar-refractivity contribution in [3.8, 4) is 0 Å². The Kier molecular flexibility index (Phi) is 5.44. The van der Waals surface area contributed by atoms with Gasteiger partial charge in [0.25, 0.3) is 5.91 Å². The summed E-state index contributed by atoms with van der Waals surface area (Å²) >= 11 is 1.27. The Labute approximate surface area is 178 Å². The number of para-hydroxylation sites is 1. The van der Waals surface area contributed by atoms with Crippen LogP contribution >= 0.6 is 11.3 Å². The molecule has 0 radical (unpaired) electrons. The molecule has 1 aromatic carbocycles. The second-order valence-corrected chi connectivity index (χ2v) is 8.48. The van der Waals surface area contributed by atoms with Crippen molar-refractivity contribution in [1.29, 1.82) is 0 Å². The predicted molar refractivity (Wildman–Crippen MR) is 115 cm³/mol. The molecule has 8 heteroatoms. The van der Waals surface area contributed by atoms with Crippen molar-refractivity contribution in [2.75, 3.05) is 20.3 Å². The molecule has 0 saturated heterocycles. The zero-order valence-electron chi connectivity index (χ0n) is 17.1. The molecule has 0 fully saturated rings. The Bertz CT molecular complexity index is 1160. The summed E-state index contributed by atoms with van der Waals surface area (Å²) in [6, 6.07) is 7.03. The highest BCUT2D eigenvalue weighted by atomic mass is 32.1. The Morgan fingerprint density at radius 2 is 2.10 bits per heavy atom. The lowest BCUT2D eigenvalue weighted by Crippen LogP contribution is -2.32. The number of thiazole rings is 1. The van der Waals surface area contributed by atoms with Crippen LogP contribution in [0.25, 0.3) is 10.9 Å². The van der Waals surface area contributed by atoms with Gasteiger partial charge in [-0.1, -0.05) is 18.2 Å². The minimum Gasteiger partial charge on any atom is -0.503 e. The van der Waals surface area contributed by atoms with Crippen molar-refractivity contribution in [1.82, 2.24) is 14.9 Å². The number of carbonyl (C=O) groups excluding carboxylic acids is 2. The Hall–Kier alpha value is -2.97. The van der Waals surface area contributed by atoms with Gasteiger partial charge < -0.3 is 19.7 Å². The van der Waals surface area contributed by atoms with Gasteiger partial charge in [-0.2, -0.15) is 0 Å². The highest BCUT2D eigenvalue weighted by Crippen LogP contribution is 2.42. The van der Waals surface area contributed by atoms with E-state index in [0.29, 0.717) is 30.1 Å². The van der Waals surface area contributed by atoms with E-state index in [0.717, 1.165) is 21.5 Å². The lowest BCUT2D eigenvalue weighted by atomic mass is 9.94. The standard InChI is InChI=1S/C22H23N3O4S/c1-12-21(30-13(2)24-12)19(26)17-18(15-11-23-16-8-5-4-7-14(15)16)25(9-6-10-29-3)22(28)20(17)27/h4-5,7-8,11,18,23,27H,6,9-10H2,1-3H3. The molecule has 0 aliphatic carbocycles. The van der Waals surface area contributed by atoms with E-state index >= 15 is 0 Å². The summed E-state index contributed by atoms with van der Waals surface area (Å²) < 4.78 is 5.13. The van der Waals surface area contributed by atoms with Crippen molar-refractivity contribution < 1.29 is 19.4 Å². The van der Waals surface area contributed by atoms with E-state index in [4.69, 9.17) is 4.74 Å². The maximum absolute atomic E-state index is 13.5. The van der Waals surface area contributed by atoms with Crippen LogP contribution in [0.5, 0.6) is 0 Å². The number of carbonyl (C=O) groups is 2. The van der Waals surface area contributed by atoms with Gasteiger partial charge in [0, 0.05) is 42.9 Å². The van der Waals surface area contributed by atoms with E-state index in [2.05, 4.69) is 9.97 Å². The lowest BCUT2D eigenvalue weighted by molar-refractivity contribution is -0.129. The number of amides is 1. The average molecular weight is 426 g/mol. The maximum Gasteiger partial charge on any atom is 0.290 e. The van der Waals surface area contributed by atoms with Crippen LogP contribution in [0.15, 0.2) is 41.8 Å². The summed E-state index contributed by atoms with van der Waals surface area (Å²) in [5.41, 5.74) is 2.39. The smallest absolute Gasteiger partial charge is 0.290 e. The lowest BCUT2D eigenvalue weighted by Gasteiger charge is -2.26. The van der Waals surface area contributed by atoms with Gasteiger partial charge in [-0.05, 0) is 26.3 Å². The molecular formula is C22H23N3O4S. The topological polar surface area (TPSA) is 95.5 Å². The van der Waals surface area contributed by atoms with Crippen LogP contribution in [0.2, 0.25) is 0 Å². The number of Topliss-reactive ketones (excluding diaryl/α,β-unsaturated/α-hetero) is 1. The highest BCUT2D eigenvalue weighted by molar-refractivity contribution is 7.14. The van der Waals surface area contributed by atoms with Gasteiger partial charge in [-0.3, -0.25) is 9.59 Å². The van der Waals surface area contributed by atoms with Crippen molar-refractivity contribution in [3.63, 3.8) is 0 Å². The average Bonchev–Trinajstić information content (AvgIpc) is 3.37. The molecule has 156 valence electrons. The summed E-state index contributed by atoms with van der Waals surface area (Å²) in [7, 11) is 1.60. The van der Waals surface area contributed by atoms with Crippen molar-refractivity contribution in [2.45, 2.75) is 26.3 Å². The second-order valence-electron chi connectivity index (χ2n) is 7.28. The van der Waals surface area contributed by atoms with E-state index in [1.807, 2.05) is 37.4 Å². The number of aryl methyl sites for hydroxylation is 2.